The molecule has 3 heteroatoms. The molecule has 1 aliphatic heterocycles. The molecule has 0 amide bonds. The van der Waals surface area contributed by atoms with E-state index in [-0.39, 0.29) is 0 Å². The van der Waals surface area contributed by atoms with Crippen molar-refractivity contribution in [3.8, 4) is 0 Å². The average Bonchev–Trinajstić information content (AvgIpc) is 2.71. The second-order valence-corrected chi connectivity index (χ2v) is 6.18. The highest BCUT2D eigenvalue weighted by molar-refractivity contribution is 6.30. The van der Waals surface area contributed by atoms with Crippen LogP contribution in [0.4, 0.5) is 0 Å². The summed E-state index contributed by atoms with van der Waals surface area (Å²) in [6.45, 7) is 8.18. The topological polar surface area (TPSA) is 15.3 Å². The zero-order chi connectivity index (χ0) is 14.4. The maximum Gasteiger partial charge on any atom is 0.0406 e. The van der Waals surface area contributed by atoms with Crippen LogP contribution in [0.5, 0.6) is 0 Å². The number of nitrogens with zero attached hydrogens (tertiary/aromatic N) is 1. The molecule has 0 saturated carbocycles. The molecule has 0 radical (unpaired) electrons. The van der Waals surface area contributed by atoms with Gasteiger partial charge in [-0.25, -0.2) is 0 Å². The third-order valence-electron chi connectivity index (χ3n) is 4.39. The molecule has 2 unspecified atom stereocenters. The molecule has 0 spiro atoms. The molecular weight excluding hydrogens is 268 g/mol. The second-order valence-electron chi connectivity index (χ2n) is 5.74. The minimum Gasteiger partial charge on any atom is -0.307 e. The number of likely N-dealkylation sites (tertiary alicyclic amines) is 1. The van der Waals surface area contributed by atoms with Gasteiger partial charge in [-0.3, -0.25) is 0 Å². The van der Waals surface area contributed by atoms with Gasteiger partial charge in [0.05, 0.1) is 0 Å². The van der Waals surface area contributed by atoms with Crippen LogP contribution in [0.15, 0.2) is 24.3 Å². The molecule has 1 aliphatic rings. The molecule has 112 valence electrons. The molecule has 2 nitrogen and oxygen atoms in total. The molecule has 1 saturated heterocycles. The smallest absolute Gasteiger partial charge is 0.0406 e. The Morgan fingerprint density at radius 2 is 1.95 bits per heavy atom. The van der Waals surface area contributed by atoms with Crippen LogP contribution in [0.3, 0.4) is 0 Å². The standard InChI is InChI=1S/C17H27ClN2/c1-3-17(14-7-9-15(18)10-8-14)19-16-6-5-12-20(4-2)13-11-16/h7-10,16-17,19H,3-6,11-13H2,1-2H3. The summed E-state index contributed by atoms with van der Waals surface area (Å²) in [5.41, 5.74) is 1.36. The Hall–Kier alpha value is -0.570. The van der Waals surface area contributed by atoms with Crippen molar-refractivity contribution in [2.75, 3.05) is 19.6 Å². The van der Waals surface area contributed by atoms with Crippen LogP contribution in [-0.4, -0.2) is 30.6 Å². The van der Waals surface area contributed by atoms with Crippen molar-refractivity contribution in [3.05, 3.63) is 34.9 Å². The number of halogens is 1. The molecule has 1 heterocycles. The zero-order valence-corrected chi connectivity index (χ0v) is 13.5. The van der Waals surface area contributed by atoms with Gasteiger partial charge in [0.1, 0.15) is 0 Å². The Balaban J connectivity index is 1.94. The number of nitrogens with one attached hydrogen (secondary N) is 1. The van der Waals surface area contributed by atoms with E-state index < -0.39 is 0 Å². The molecule has 1 fully saturated rings. The van der Waals surface area contributed by atoms with Gasteiger partial charge in [-0.1, -0.05) is 37.6 Å². The summed E-state index contributed by atoms with van der Waals surface area (Å²) in [4.78, 5) is 2.56. The Morgan fingerprint density at radius 3 is 2.60 bits per heavy atom. The highest BCUT2D eigenvalue weighted by Crippen LogP contribution is 2.22. The quantitative estimate of drug-likeness (QED) is 0.873. The van der Waals surface area contributed by atoms with E-state index in [0.717, 1.165) is 11.4 Å². The summed E-state index contributed by atoms with van der Waals surface area (Å²) in [6, 6.07) is 9.38. The van der Waals surface area contributed by atoms with E-state index in [9.17, 15) is 0 Å². The van der Waals surface area contributed by atoms with Crippen LogP contribution < -0.4 is 5.32 Å². The molecule has 2 atom stereocenters. The molecule has 0 aliphatic carbocycles. The van der Waals surface area contributed by atoms with Crippen LogP contribution in [0.25, 0.3) is 0 Å². The predicted octanol–water partition coefficient (Wildman–Crippen LogP) is 4.26. The van der Waals surface area contributed by atoms with Gasteiger partial charge in [0.25, 0.3) is 0 Å². The SMILES string of the molecule is CCC(NC1CCCN(CC)CC1)c1ccc(Cl)cc1. The van der Waals surface area contributed by atoms with Gasteiger partial charge >= 0.3 is 0 Å². The molecule has 1 aromatic carbocycles. The number of hydrogen-bond acceptors (Lipinski definition) is 2. The summed E-state index contributed by atoms with van der Waals surface area (Å²) in [5.74, 6) is 0. The van der Waals surface area contributed by atoms with Crippen LogP contribution in [-0.2, 0) is 0 Å². The Morgan fingerprint density at radius 1 is 1.20 bits per heavy atom. The van der Waals surface area contributed by atoms with Gasteiger partial charge in [-0.05, 0) is 63.0 Å². The van der Waals surface area contributed by atoms with E-state index in [4.69, 9.17) is 11.6 Å². The normalized spacial score (nSPS) is 22.4. The fourth-order valence-electron chi connectivity index (χ4n) is 3.07. The monoisotopic (exact) mass is 294 g/mol. The summed E-state index contributed by atoms with van der Waals surface area (Å²) < 4.78 is 0. The molecule has 1 N–H and O–H groups in total. The van der Waals surface area contributed by atoms with Crippen LogP contribution in [0.1, 0.15) is 51.1 Å². The molecule has 0 aromatic heterocycles. The van der Waals surface area contributed by atoms with E-state index in [1.807, 2.05) is 12.1 Å². The van der Waals surface area contributed by atoms with Gasteiger partial charge in [-0.2, -0.15) is 0 Å². The lowest BCUT2D eigenvalue weighted by Gasteiger charge is -2.25. The summed E-state index contributed by atoms with van der Waals surface area (Å²) in [5, 5.41) is 4.67. The number of rotatable bonds is 5. The van der Waals surface area contributed by atoms with E-state index in [1.54, 1.807) is 0 Å². The van der Waals surface area contributed by atoms with Gasteiger partial charge in [0.15, 0.2) is 0 Å². The van der Waals surface area contributed by atoms with E-state index in [0.29, 0.717) is 12.1 Å². The van der Waals surface area contributed by atoms with E-state index >= 15 is 0 Å². The lowest BCUT2D eigenvalue weighted by molar-refractivity contribution is 0.295. The Bertz CT molecular complexity index is 390. The van der Waals surface area contributed by atoms with Crippen molar-refractivity contribution in [1.82, 2.24) is 10.2 Å². The molecule has 0 bridgehead atoms. The molecular formula is C17H27ClN2. The fraction of sp³-hybridized carbons (Fsp3) is 0.647. The van der Waals surface area contributed by atoms with Crippen molar-refractivity contribution < 1.29 is 0 Å². The first-order valence-electron chi connectivity index (χ1n) is 7.96. The van der Waals surface area contributed by atoms with Crippen molar-refractivity contribution in [3.63, 3.8) is 0 Å². The third-order valence-corrected chi connectivity index (χ3v) is 4.64. The van der Waals surface area contributed by atoms with Gasteiger partial charge < -0.3 is 10.2 Å². The maximum absolute atomic E-state index is 5.98. The van der Waals surface area contributed by atoms with Crippen molar-refractivity contribution in [2.24, 2.45) is 0 Å². The second kappa shape index (κ2) is 8.02. The third kappa shape index (κ3) is 4.47. The van der Waals surface area contributed by atoms with Crippen LogP contribution >= 0.6 is 11.6 Å². The number of hydrogen-bond donors (Lipinski definition) is 1. The largest absolute Gasteiger partial charge is 0.307 e. The highest BCUT2D eigenvalue weighted by atomic mass is 35.5. The van der Waals surface area contributed by atoms with Crippen LogP contribution in [0, 0.1) is 0 Å². The highest BCUT2D eigenvalue weighted by Gasteiger charge is 2.19. The summed E-state index contributed by atoms with van der Waals surface area (Å²) in [6.07, 6.45) is 4.98. The molecule has 1 aromatic rings. The first-order chi connectivity index (χ1) is 9.72. The first-order valence-corrected chi connectivity index (χ1v) is 8.34. The predicted molar refractivity (Wildman–Crippen MR) is 87.4 cm³/mol. The summed E-state index contributed by atoms with van der Waals surface area (Å²) >= 11 is 5.98. The minimum atomic E-state index is 0.449. The van der Waals surface area contributed by atoms with Gasteiger partial charge in [-0.15, -0.1) is 0 Å². The van der Waals surface area contributed by atoms with Crippen molar-refractivity contribution in [1.29, 1.82) is 0 Å². The molecule has 2 rings (SSSR count). The van der Waals surface area contributed by atoms with E-state index in [2.05, 4.69) is 36.2 Å². The zero-order valence-electron chi connectivity index (χ0n) is 12.7. The summed E-state index contributed by atoms with van der Waals surface area (Å²) in [7, 11) is 0. The van der Waals surface area contributed by atoms with Gasteiger partial charge in [0, 0.05) is 17.1 Å². The maximum atomic E-state index is 5.98. The first kappa shape index (κ1) is 15.8. The minimum absolute atomic E-state index is 0.449. The fourth-order valence-corrected chi connectivity index (χ4v) is 3.19. The lowest BCUT2D eigenvalue weighted by Crippen LogP contribution is -2.33. The average molecular weight is 295 g/mol. The number of benzene rings is 1. The van der Waals surface area contributed by atoms with Crippen molar-refractivity contribution >= 4 is 11.6 Å². The Labute approximate surface area is 128 Å². The van der Waals surface area contributed by atoms with Gasteiger partial charge in [0.2, 0.25) is 0 Å². The lowest BCUT2D eigenvalue weighted by atomic mass is 10.0. The molecule has 20 heavy (non-hydrogen) atoms. The van der Waals surface area contributed by atoms with E-state index in [1.165, 1.54) is 44.5 Å². The van der Waals surface area contributed by atoms with Crippen molar-refractivity contribution in [2.45, 2.75) is 51.6 Å². The Kier molecular flexibility index (Phi) is 6.34. The van der Waals surface area contributed by atoms with Crippen LogP contribution in [0.2, 0.25) is 5.02 Å².